The molecular formula is C13H12IN3O3. The van der Waals surface area contributed by atoms with E-state index in [2.05, 4.69) is 0 Å². The molecule has 0 aliphatic carbocycles. The van der Waals surface area contributed by atoms with E-state index in [4.69, 9.17) is 16.2 Å². The van der Waals surface area contributed by atoms with Gasteiger partial charge in [0.25, 0.3) is 5.69 Å². The normalized spacial score (nSPS) is 11.8. The van der Waals surface area contributed by atoms with Crippen LogP contribution in [0.1, 0.15) is 9.67 Å². The average molecular weight is 385 g/mol. The third-order valence-electron chi connectivity index (χ3n) is 2.66. The van der Waals surface area contributed by atoms with Gasteiger partial charge in [-0.1, -0.05) is 18.2 Å². The number of halogens is 1. The van der Waals surface area contributed by atoms with Crippen molar-refractivity contribution in [2.45, 2.75) is 4.11 Å². The standard InChI is InChI=1S/C13H12IN3O3/c14-13(20-12-4-2-1-3-10(12)16)8-5-6-9(15)11(7-8)17(18)19/h1-7,13H,15-16H2. The minimum Gasteiger partial charge on any atom is -0.473 e. The van der Waals surface area contributed by atoms with E-state index in [0.29, 0.717) is 17.0 Å². The minimum absolute atomic E-state index is 0.126. The lowest BCUT2D eigenvalue weighted by Crippen LogP contribution is -2.04. The van der Waals surface area contributed by atoms with E-state index in [-0.39, 0.29) is 11.4 Å². The second kappa shape index (κ2) is 5.95. The number of benzene rings is 2. The number of ether oxygens (including phenoxy) is 1. The van der Waals surface area contributed by atoms with Gasteiger partial charge in [-0.3, -0.25) is 10.1 Å². The van der Waals surface area contributed by atoms with Crippen LogP contribution in [0.2, 0.25) is 0 Å². The number of anilines is 2. The van der Waals surface area contributed by atoms with Gasteiger partial charge in [0, 0.05) is 11.6 Å². The molecule has 0 saturated heterocycles. The van der Waals surface area contributed by atoms with Crippen LogP contribution in [0.5, 0.6) is 5.75 Å². The zero-order valence-electron chi connectivity index (χ0n) is 10.3. The summed E-state index contributed by atoms with van der Waals surface area (Å²) in [4.78, 5) is 10.4. The van der Waals surface area contributed by atoms with Crippen LogP contribution in [0.25, 0.3) is 0 Å². The summed E-state index contributed by atoms with van der Waals surface area (Å²) in [6, 6.07) is 11.7. The van der Waals surface area contributed by atoms with Gasteiger partial charge in [-0.2, -0.15) is 0 Å². The SMILES string of the molecule is Nc1ccccc1OC(I)c1ccc(N)c([N+](=O)[O-])c1. The molecule has 1 atom stereocenters. The van der Waals surface area contributed by atoms with Gasteiger partial charge in [-0.05, 0) is 40.8 Å². The molecule has 0 aliphatic rings. The predicted octanol–water partition coefficient (Wildman–Crippen LogP) is 3.27. The summed E-state index contributed by atoms with van der Waals surface area (Å²) in [5, 5.41) is 10.9. The first-order chi connectivity index (χ1) is 9.49. The van der Waals surface area contributed by atoms with Crippen LogP contribution in [0.3, 0.4) is 0 Å². The second-order valence-corrected chi connectivity index (χ2v) is 5.18. The fourth-order valence-electron chi connectivity index (χ4n) is 1.63. The van der Waals surface area contributed by atoms with Crippen LogP contribution < -0.4 is 16.2 Å². The fraction of sp³-hybridized carbons (Fsp3) is 0.0769. The number of nitrogens with two attached hydrogens (primary N) is 2. The van der Waals surface area contributed by atoms with Crippen LogP contribution in [-0.2, 0) is 0 Å². The molecule has 7 heteroatoms. The summed E-state index contributed by atoms with van der Waals surface area (Å²) in [5.74, 6) is 0.534. The minimum atomic E-state index is -0.515. The lowest BCUT2D eigenvalue weighted by atomic mass is 10.2. The maximum Gasteiger partial charge on any atom is 0.292 e. The van der Waals surface area contributed by atoms with Gasteiger partial charge in [0.1, 0.15) is 11.4 Å². The molecule has 0 spiro atoms. The van der Waals surface area contributed by atoms with Crippen LogP contribution in [0, 0.1) is 10.1 Å². The van der Waals surface area contributed by atoms with E-state index in [0.717, 1.165) is 0 Å². The van der Waals surface area contributed by atoms with Crippen LogP contribution in [0.15, 0.2) is 42.5 Å². The van der Waals surface area contributed by atoms with E-state index >= 15 is 0 Å². The molecule has 0 amide bonds. The molecule has 0 aliphatic heterocycles. The number of rotatable bonds is 4. The molecule has 6 nitrogen and oxygen atoms in total. The highest BCUT2D eigenvalue weighted by molar-refractivity contribution is 14.1. The lowest BCUT2D eigenvalue weighted by Gasteiger charge is -2.15. The molecule has 4 N–H and O–H groups in total. The van der Waals surface area contributed by atoms with Crippen molar-refractivity contribution in [1.82, 2.24) is 0 Å². The lowest BCUT2D eigenvalue weighted by molar-refractivity contribution is -0.384. The Morgan fingerprint density at radius 1 is 1.15 bits per heavy atom. The Morgan fingerprint density at radius 2 is 1.85 bits per heavy atom. The number of nitrogens with zero attached hydrogens (tertiary/aromatic N) is 1. The number of hydrogen-bond donors (Lipinski definition) is 2. The molecule has 1 unspecified atom stereocenters. The maximum atomic E-state index is 10.9. The largest absolute Gasteiger partial charge is 0.473 e. The molecule has 0 bridgehead atoms. The molecule has 0 radical (unpaired) electrons. The quantitative estimate of drug-likeness (QED) is 0.276. The molecule has 2 aromatic rings. The maximum absolute atomic E-state index is 10.9. The molecule has 0 heterocycles. The van der Waals surface area contributed by atoms with Crippen LogP contribution in [-0.4, -0.2) is 4.92 Å². The van der Waals surface area contributed by atoms with E-state index in [1.54, 1.807) is 30.3 Å². The van der Waals surface area contributed by atoms with Crippen molar-refractivity contribution in [3.63, 3.8) is 0 Å². The zero-order chi connectivity index (χ0) is 14.7. The number of alkyl halides is 1. The molecule has 0 fully saturated rings. The summed E-state index contributed by atoms with van der Waals surface area (Å²) in [5.41, 5.74) is 12.5. The monoisotopic (exact) mass is 385 g/mol. The number of nitro benzene ring substituents is 1. The average Bonchev–Trinajstić information content (AvgIpc) is 2.41. The predicted molar refractivity (Wildman–Crippen MR) is 85.8 cm³/mol. The Hall–Kier alpha value is -2.03. The zero-order valence-corrected chi connectivity index (χ0v) is 12.5. The van der Waals surface area contributed by atoms with E-state index in [9.17, 15) is 10.1 Å². The van der Waals surface area contributed by atoms with Gasteiger partial charge in [-0.15, -0.1) is 0 Å². The van der Waals surface area contributed by atoms with Gasteiger partial charge in [0.15, 0.2) is 4.11 Å². The van der Waals surface area contributed by atoms with Gasteiger partial charge >= 0.3 is 0 Å². The third kappa shape index (κ3) is 3.10. The summed E-state index contributed by atoms with van der Waals surface area (Å²) in [6.07, 6.45) is 0. The Bertz CT molecular complexity index is 649. The first-order valence-corrected chi connectivity index (χ1v) is 6.92. The first-order valence-electron chi connectivity index (χ1n) is 5.68. The van der Waals surface area contributed by atoms with E-state index < -0.39 is 9.03 Å². The summed E-state index contributed by atoms with van der Waals surface area (Å²) >= 11 is 2.04. The van der Waals surface area contributed by atoms with Crippen molar-refractivity contribution in [1.29, 1.82) is 0 Å². The van der Waals surface area contributed by atoms with E-state index in [1.165, 1.54) is 12.1 Å². The Balaban J connectivity index is 2.26. The Kier molecular flexibility index (Phi) is 4.28. The molecule has 0 aromatic heterocycles. The number of nitrogen functional groups attached to an aromatic ring is 2. The van der Waals surface area contributed by atoms with Crippen LogP contribution >= 0.6 is 22.6 Å². The van der Waals surface area contributed by atoms with Gasteiger partial charge in [-0.25, -0.2) is 0 Å². The first kappa shape index (κ1) is 14.4. The number of para-hydroxylation sites is 2. The topological polar surface area (TPSA) is 104 Å². The highest BCUT2D eigenvalue weighted by Crippen LogP contribution is 2.33. The van der Waals surface area contributed by atoms with Crippen molar-refractivity contribution in [2.24, 2.45) is 0 Å². The van der Waals surface area contributed by atoms with E-state index in [1.807, 2.05) is 22.6 Å². The number of nitro groups is 1. The van der Waals surface area contributed by atoms with Gasteiger partial charge in [0.05, 0.1) is 10.6 Å². The van der Waals surface area contributed by atoms with Crippen molar-refractivity contribution in [3.8, 4) is 5.75 Å². The van der Waals surface area contributed by atoms with Crippen molar-refractivity contribution >= 4 is 39.7 Å². The molecule has 2 rings (SSSR count). The van der Waals surface area contributed by atoms with Crippen molar-refractivity contribution in [3.05, 3.63) is 58.1 Å². The molecule has 2 aromatic carbocycles. The number of hydrogen-bond acceptors (Lipinski definition) is 5. The second-order valence-electron chi connectivity index (χ2n) is 4.05. The Morgan fingerprint density at radius 3 is 2.50 bits per heavy atom. The summed E-state index contributed by atoms with van der Waals surface area (Å²) < 4.78 is 5.30. The molecular weight excluding hydrogens is 373 g/mol. The molecule has 20 heavy (non-hydrogen) atoms. The van der Waals surface area contributed by atoms with Crippen molar-refractivity contribution < 1.29 is 9.66 Å². The molecule has 104 valence electrons. The highest BCUT2D eigenvalue weighted by atomic mass is 127. The molecule has 0 saturated carbocycles. The fourth-order valence-corrected chi connectivity index (χ4v) is 2.29. The van der Waals surface area contributed by atoms with Crippen molar-refractivity contribution in [2.75, 3.05) is 11.5 Å². The highest BCUT2D eigenvalue weighted by Gasteiger charge is 2.17. The van der Waals surface area contributed by atoms with Crippen LogP contribution in [0.4, 0.5) is 17.1 Å². The third-order valence-corrected chi connectivity index (χ3v) is 3.64. The smallest absolute Gasteiger partial charge is 0.292 e. The van der Waals surface area contributed by atoms with Gasteiger partial charge < -0.3 is 16.2 Å². The van der Waals surface area contributed by atoms with Gasteiger partial charge in [0.2, 0.25) is 0 Å². The summed E-state index contributed by atoms with van der Waals surface area (Å²) in [7, 11) is 0. The summed E-state index contributed by atoms with van der Waals surface area (Å²) in [6.45, 7) is 0. The Labute approximate surface area is 129 Å².